The molecule has 2 aromatic rings. The van der Waals surface area contributed by atoms with Crippen molar-refractivity contribution in [1.29, 1.82) is 0 Å². The van der Waals surface area contributed by atoms with Crippen LogP contribution in [0.1, 0.15) is 31.0 Å². The van der Waals surface area contributed by atoms with Gasteiger partial charge in [-0.2, -0.15) is 13.8 Å². The van der Waals surface area contributed by atoms with Crippen LogP contribution in [0.4, 0.5) is 0 Å². The monoisotopic (exact) mass is 239 g/mol. The molecule has 1 unspecified atom stereocenters. The van der Waals surface area contributed by atoms with Crippen LogP contribution < -0.4 is 0 Å². The van der Waals surface area contributed by atoms with Crippen molar-refractivity contribution in [2.24, 2.45) is 0 Å². The van der Waals surface area contributed by atoms with Gasteiger partial charge in [-0.15, -0.1) is 0 Å². The van der Waals surface area contributed by atoms with Crippen molar-refractivity contribution in [3.8, 4) is 0 Å². The van der Waals surface area contributed by atoms with Crippen molar-refractivity contribution >= 4 is 11.7 Å². The Bertz CT molecular complexity index is 427. The van der Waals surface area contributed by atoms with Gasteiger partial charge in [0.25, 0.3) is 0 Å². The molecule has 0 aromatic carbocycles. The normalized spacial score (nSPS) is 12.9. The SMILES string of the molecule is CCCn1ncnc1CC(O)c1cnsn1. The first-order valence-corrected chi connectivity index (χ1v) is 5.86. The molecule has 0 bridgehead atoms. The standard InChI is InChI=1S/C9H13N5OS/c1-2-3-14-9(10-6-11-14)4-8(15)7-5-12-16-13-7/h5-6,8,15H,2-4H2,1H3. The predicted molar refractivity (Wildman–Crippen MR) is 58.9 cm³/mol. The van der Waals surface area contributed by atoms with Gasteiger partial charge in [-0.3, -0.25) is 4.68 Å². The van der Waals surface area contributed by atoms with Crippen molar-refractivity contribution in [3.05, 3.63) is 24.0 Å². The van der Waals surface area contributed by atoms with E-state index in [-0.39, 0.29) is 0 Å². The van der Waals surface area contributed by atoms with E-state index < -0.39 is 6.10 Å². The second kappa shape index (κ2) is 5.13. The zero-order valence-electron chi connectivity index (χ0n) is 8.94. The zero-order valence-corrected chi connectivity index (χ0v) is 9.76. The van der Waals surface area contributed by atoms with E-state index in [0.29, 0.717) is 12.1 Å². The van der Waals surface area contributed by atoms with Crippen molar-refractivity contribution in [2.75, 3.05) is 0 Å². The van der Waals surface area contributed by atoms with Crippen molar-refractivity contribution in [2.45, 2.75) is 32.4 Å². The van der Waals surface area contributed by atoms with E-state index in [0.717, 1.165) is 30.5 Å². The zero-order chi connectivity index (χ0) is 11.4. The van der Waals surface area contributed by atoms with Gasteiger partial charge in [-0.25, -0.2) is 4.98 Å². The molecule has 7 heteroatoms. The van der Waals surface area contributed by atoms with Crippen molar-refractivity contribution in [1.82, 2.24) is 23.5 Å². The molecule has 0 aliphatic heterocycles. The highest BCUT2D eigenvalue weighted by Gasteiger charge is 2.15. The third-order valence-electron chi connectivity index (χ3n) is 2.23. The molecule has 0 spiro atoms. The number of hydrogen-bond donors (Lipinski definition) is 1. The first-order valence-electron chi connectivity index (χ1n) is 5.13. The Morgan fingerprint density at radius 2 is 2.44 bits per heavy atom. The van der Waals surface area contributed by atoms with Crippen LogP contribution >= 0.6 is 11.7 Å². The lowest BCUT2D eigenvalue weighted by Gasteiger charge is -2.07. The summed E-state index contributed by atoms with van der Waals surface area (Å²) in [6.45, 7) is 2.89. The Kier molecular flexibility index (Phi) is 3.58. The first-order chi connectivity index (χ1) is 7.81. The van der Waals surface area contributed by atoms with E-state index in [1.165, 1.54) is 6.33 Å². The molecular weight excluding hydrogens is 226 g/mol. The third kappa shape index (κ3) is 2.42. The van der Waals surface area contributed by atoms with Crippen LogP contribution in [-0.4, -0.2) is 28.6 Å². The van der Waals surface area contributed by atoms with E-state index in [4.69, 9.17) is 0 Å². The van der Waals surface area contributed by atoms with Gasteiger partial charge < -0.3 is 5.11 Å². The highest BCUT2D eigenvalue weighted by Crippen LogP contribution is 2.15. The lowest BCUT2D eigenvalue weighted by molar-refractivity contribution is 0.170. The van der Waals surface area contributed by atoms with Gasteiger partial charge in [-0.1, -0.05) is 6.92 Å². The first kappa shape index (κ1) is 11.2. The van der Waals surface area contributed by atoms with E-state index in [9.17, 15) is 5.11 Å². The molecule has 1 N–H and O–H groups in total. The molecule has 2 rings (SSSR count). The molecule has 0 aliphatic carbocycles. The molecule has 0 radical (unpaired) electrons. The minimum atomic E-state index is -0.654. The number of hydrogen-bond acceptors (Lipinski definition) is 6. The van der Waals surface area contributed by atoms with Gasteiger partial charge in [0.2, 0.25) is 0 Å². The maximum atomic E-state index is 9.90. The molecule has 1 atom stereocenters. The van der Waals surface area contributed by atoms with Gasteiger partial charge in [0.15, 0.2) is 0 Å². The van der Waals surface area contributed by atoms with Crippen LogP contribution in [0.3, 0.4) is 0 Å². The molecule has 0 saturated heterocycles. The Morgan fingerprint density at radius 3 is 3.12 bits per heavy atom. The number of aryl methyl sites for hydroxylation is 1. The molecule has 0 fully saturated rings. The second-order valence-electron chi connectivity index (χ2n) is 3.45. The summed E-state index contributed by atoms with van der Waals surface area (Å²) in [7, 11) is 0. The number of aromatic nitrogens is 5. The third-order valence-corrected chi connectivity index (χ3v) is 2.72. The summed E-state index contributed by atoms with van der Waals surface area (Å²) in [6, 6.07) is 0. The Balaban J connectivity index is 2.06. The fraction of sp³-hybridized carbons (Fsp3) is 0.556. The average Bonchev–Trinajstić information content (AvgIpc) is 2.90. The van der Waals surface area contributed by atoms with E-state index in [2.05, 4.69) is 25.8 Å². The number of rotatable bonds is 5. The summed E-state index contributed by atoms with van der Waals surface area (Å²) >= 11 is 1.09. The highest BCUT2D eigenvalue weighted by atomic mass is 32.1. The number of aliphatic hydroxyl groups excluding tert-OH is 1. The van der Waals surface area contributed by atoms with Crippen molar-refractivity contribution < 1.29 is 5.11 Å². The number of nitrogens with zero attached hydrogens (tertiary/aromatic N) is 5. The summed E-state index contributed by atoms with van der Waals surface area (Å²) in [6.07, 6.45) is 3.85. The molecule has 0 amide bonds. The summed E-state index contributed by atoms with van der Waals surface area (Å²) in [5.41, 5.74) is 0.594. The smallest absolute Gasteiger partial charge is 0.138 e. The minimum absolute atomic E-state index is 0.422. The van der Waals surface area contributed by atoms with Crippen molar-refractivity contribution in [3.63, 3.8) is 0 Å². The van der Waals surface area contributed by atoms with E-state index >= 15 is 0 Å². The van der Waals surface area contributed by atoms with Crippen LogP contribution in [0.5, 0.6) is 0 Å². The van der Waals surface area contributed by atoms with Crippen LogP contribution in [0, 0.1) is 0 Å². The van der Waals surface area contributed by atoms with Crippen LogP contribution in [0.25, 0.3) is 0 Å². The topological polar surface area (TPSA) is 76.7 Å². The predicted octanol–water partition coefficient (Wildman–Crippen LogP) is 0.816. The molecule has 2 heterocycles. The second-order valence-corrected chi connectivity index (χ2v) is 4.01. The molecule has 6 nitrogen and oxygen atoms in total. The average molecular weight is 239 g/mol. The van der Waals surface area contributed by atoms with Crippen LogP contribution in [0.15, 0.2) is 12.5 Å². The van der Waals surface area contributed by atoms with Gasteiger partial charge in [0, 0.05) is 13.0 Å². The molecule has 2 aromatic heterocycles. The summed E-state index contributed by atoms with van der Waals surface area (Å²) in [4.78, 5) is 4.13. The lowest BCUT2D eigenvalue weighted by Crippen LogP contribution is -2.10. The number of aliphatic hydroxyl groups is 1. The Hall–Kier alpha value is -1.34. The maximum absolute atomic E-state index is 9.90. The lowest BCUT2D eigenvalue weighted by atomic mass is 10.2. The summed E-state index contributed by atoms with van der Waals surface area (Å²) in [5, 5.41) is 14.0. The van der Waals surface area contributed by atoms with E-state index in [1.54, 1.807) is 6.20 Å². The van der Waals surface area contributed by atoms with Gasteiger partial charge in [0.1, 0.15) is 23.9 Å². The molecule has 86 valence electrons. The molecule has 0 saturated carbocycles. The van der Waals surface area contributed by atoms with Gasteiger partial charge in [-0.05, 0) is 6.42 Å². The molecular formula is C9H13N5OS. The maximum Gasteiger partial charge on any atom is 0.138 e. The van der Waals surface area contributed by atoms with Gasteiger partial charge >= 0.3 is 0 Å². The van der Waals surface area contributed by atoms with E-state index in [1.807, 2.05) is 4.68 Å². The minimum Gasteiger partial charge on any atom is -0.386 e. The summed E-state index contributed by atoms with van der Waals surface area (Å²) in [5.74, 6) is 0.780. The Morgan fingerprint density at radius 1 is 1.56 bits per heavy atom. The van der Waals surface area contributed by atoms with Crippen LogP contribution in [-0.2, 0) is 13.0 Å². The van der Waals surface area contributed by atoms with Gasteiger partial charge in [0.05, 0.1) is 17.9 Å². The quantitative estimate of drug-likeness (QED) is 0.835. The molecule has 0 aliphatic rings. The highest BCUT2D eigenvalue weighted by molar-refractivity contribution is 6.99. The fourth-order valence-corrected chi connectivity index (χ4v) is 1.91. The summed E-state index contributed by atoms with van der Waals surface area (Å²) < 4.78 is 9.66. The fourth-order valence-electron chi connectivity index (χ4n) is 1.44. The largest absolute Gasteiger partial charge is 0.386 e. The van der Waals surface area contributed by atoms with Crippen LogP contribution in [0.2, 0.25) is 0 Å². The molecule has 16 heavy (non-hydrogen) atoms. The Labute approximate surface area is 97.3 Å².